The van der Waals surface area contributed by atoms with Gasteiger partial charge in [-0.3, -0.25) is 4.79 Å². The van der Waals surface area contributed by atoms with E-state index in [9.17, 15) is 10.1 Å². The molecule has 0 N–H and O–H groups in total. The number of carbonyl (C=O) groups excluding carboxylic acids is 1. The molecule has 0 amide bonds. The van der Waals surface area contributed by atoms with E-state index in [4.69, 9.17) is 9.72 Å². The maximum atomic E-state index is 12.5. The molecule has 0 fully saturated rings. The summed E-state index contributed by atoms with van der Waals surface area (Å²) in [5.74, 6) is 1.15. The van der Waals surface area contributed by atoms with Crippen LogP contribution in [0, 0.1) is 11.3 Å². The number of carbonyl (C=O) groups is 1. The van der Waals surface area contributed by atoms with Gasteiger partial charge in [0.2, 0.25) is 0 Å². The molecule has 0 spiro atoms. The average Bonchev–Trinajstić information content (AvgIpc) is 3.32. The van der Waals surface area contributed by atoms with Crippen LogP contribution in [0.15, 0.2) is 46.8 Å². The number of aromatic nitrogens is 1. The number of benzene rings is 1. The van der Waals surface area contributed by atoms with Crippen LogP contribution in [0.4, 0.5) is 0 Å². The average molecular weight is 421 g/mol. The van der Waals surface area contributed by atoms with E-state index in [0.29, 0.717) is 10.6 Å². The van der Waals surface area contributed by atoms with Crippen molar-refractivity contribution >= 4 is 28.9 Å². The third-order valence-electron chi connectivity index (χ3n) is 5.09. The van der Waals surface area contributed by atoms with Crippen molar-refractivity contribution in [3.05, 3.63) is 63.3 Å². The summed E-state index contributed by atoms with van der Waals surface area (Å²) in [6, 6.07) is 14.0. The highest BCUT2D eigenvalue weighted by atomic mass is 32.2. The van der Waals surface area contributed by atoms with Gasteiger partial charge in [0, 0.05) is 5.56 Å². The number of thioether (sulfide) groups is 1. The Kier molecular flexibility index (Phi) is 5.98. The SMILES string of the molecule is COc1ccc(-c2nc(SCC(=O)c3cccs3)c(C#N)c3c2CCCC3)cc1. The largest absolute Gasteiger partial charge is 0.497 e. The third kappa shape index (κ3) is 4.07. The standard InChI is InChI=1S/C23H20N2O2S2/c1-27-16-10-8-15(9-11-16)22-18-6-3-2-5-17(18)19(13-24)23(25-22)29-14-20(26)21-7-4-12-28-21/h4,7-12H,2-3,5-6,14H2,1H3. The van der Waals surface area contributed by atoms with Crippen LogP contribution < -0.4 is 4.74 Å². The molecule has 1 aromatic carbocycles. The van der Waals surface area contributed by atoms with Gasteiger partial charge in [-0.15, -0.1) is 11.3 Å². The van der Waals surface area contributed by atoms with Crippen molar-refractivity contribution in [3.8, 4) is 23.1 Å². The molecule has 0 atom stereocenters. The molecule has 2 aromatic heterocycles. The van der Waals surface area contributed by atoms with Gasteiger partial charge >= 0.3 is 0 Å². The summed E-state index contributed by atoms with van der Waals surface area (Å²) in [6.07, 6.45) is 3.99. The maximum absolute atomic E-state index is 12.5. The lowest BCUT2D eigenvalue weighted by Gasteiger charge is -2.22. The highest BCUT2D eigenvalue weighted by Gasteiger charge is 2.23. The molecule has 0 radical (unpaired) electrons. The summed E-state index contributed by atoms with van der Waals surface area (Å²) in [6.45, 7) is 0. The molecule has 1 aliphatic rings. The van der Waals surface area contributed by atoms with E-state index < -0.39 is 0 Å². The number of nitriles is 1. The zero-order chi connectivity index (χ0) is 20.2. The van der Waals surface area contributed by atoms with Crippen molar-refractivity contribution in [1.29, 1.82) is 5.26 Å². The second kappa shape index (κ2) is 8.81. The summed E-state index contributed by atoms with van der Waals surface area (Å²) >= 11 is 2.81. The Hall–Kier alpha value is -2.62. The molecule has 2 heterocycles. The fourth-order valence-electron chi connectivity index (χ4n) is 3.65. The normalized spacial score (nSPS) is 12.8. The van der Waals surface area contributed by atoms with Gasteiger partial charge in [0.25, 0.3) is 0 Å². The molecule has 0 bridgehead atoms. The fraction of sp³-hybridized carbons (Fsp3) is 0.261. The highest BCUT2D eigenvalue weighted by molar-refractivity contribution is 8.00. The first-order valence-corrected chi connectivity index (χ1v) is 11.4. The molecule has 0 unspecified atom stereocenters. The quantitative estimate of drug-likeness (QED) is 0.387. The van der Waals surface area contributed by atoms with Crippen LogP contribution in [0.1, 0.15) is 39.2 Å². The number of fused-ring (bicyclic) bond motifs is 1. The molecule has 4 nitrogen and oxygen atoms in total. The fourth-order valence-corrected chi connectivity index (χ4v) is 5.29. The van der Waals surface area contributed by atoms with Gasteiger partial charge in [0.1, 0.15) is 16.8 Å². The summed E-state index contributed by atoms with van der Waals surface area (Å²) in [4.78, 5) is 18.1. The van der Waals surface area contributed by atoms with Gasteiger partial charge < -0.3 is 4.74 Å². The number of Topliss-reactive ketones (excluding diaryl/α,β-unsaturated/α-hetero) is 1. The lowest BCUT2D eigenvalue weighted by molar-refractivity contribution is 0.102. The summed E-state index contributed by atoms with van der Waals surface area (Å²) < 4.78 is 5.27. The second-order valence-electron chi connectivity index (χ2n) is 6.83. The topological polar surface area (TPSA) is 63.0 Å². The first kappa shape index (κ1) is 19.7. The minimum absolute atomic E-state index is 0.0689. The van der Waals surface area contributed by atoms with Crippen LogP contribution in [-0.2, 0) is 12.8 Å². The Bertz CT molecular complexity index is 1070. The molecule has 0 aliphatic heterocycles. The van der Waals surface area contributed by atoms with Gasteiger partial charge in [-0.2, -0.15) is 5.26 Å². The Morgan fingerprint density at radius 2 is 1.97 bits per heavy atom. The van der Waals surface area contributed by atoms with E-state index in [-0.39, 0.29) is 11.5 Å². The van der Waals surface area contributed by atoms with Gasteiger partial charge in [-0.05, 0) is 72.5 Å². The van der Waals surface area contributed by atoms with Crippen molar-refractivity contribution in [2.45, 2.75) is 30.7 Å². The summed E-state index contributed by atoms with van der Waals surface area (Å²) in [7, 11) is 1.65. The minimum atomic E-state index is 0.0689. The number of ether oxygens (including phenoxy) is 1. The molecule has 0 saturated heterocycles. The number of ketones is 1. The number of methoxy groups -OCH3 is 1. The van der Waals surface area contributed by atoms with Crippen LogP contribution in [-0.4, -0.2) is 23.6 Å². The van der Waals surface area contributed by atoms with Crippen molar-refractivity contribution in [3.63, 3.8) is 0 Å². The van der Waals surface area contributed by atoms with Crippen LogP contribution in [0.2, 0.25) is 0 Å². The van der Waals surface area contributed by atoms with Crippen molar-refractivity contribution in [2.75, 3.05) is 12.9 Å². The maximum Gasteiger partial charge on any atom is 0.183 e. The molecule has 4 rings (SSSR count). The molecule has 6 heteroatoms. The predicted octanol–water partition coefficient (Wildman–Crippen LogP) is 5.54. The zero-order valence-electron chi connectivity index (χ0n) is 16.1. The molecule has 146 valence electrons. The summed E-state index contributed by atoms with van der Waals surface area (Å²) in [5, 5.41) is 12.4. The Labute approximate surface area is 178 Å². The third-order valence-corrected chi connectivity index (χ3v) is 6.98. The van der Waals surface area contributed by atoms with Gasteiger partial charge in [0.05, 0.1) is 29.0 Å². The Morgan fingerprint density at radius 3 is 2.62 bits per heavy atom. The summed E-state index contributed by atoms with van der Waals surface area (Å²) in [5.41, 5.74) is 4.85. The number of thiophene rings is 1. The highest BCUT2D eigenvalue weighted by Crippen LogP contribution is 2.37. The minimum Gasteiger partial charge on any atom is -0.497 e. The molecule has 3 aromatic rings. The molecule has 29 heavy (non-hydrogen) atoms. The molecule has 1 aliphatic carbocycles. The molecular weight excluding hydrogens is 400 g/mol. The van der Waals surface area contributed by atoms with E-state index in [1.165, 1.54) is 28.7 Å². The Morgan fingerprint density at radius 1 is 1.21 bits per heavy atom. The van der Waals surface area contributed by atoms with Crippen LogP contribution in [0.25, 0.3) is 11.3 Å². The monoisotopic (exact) mass is 420 g/mol. The Balaban J connectivity index is 1.73. The smallest absolute Gasteiger partial charge is 0.183 e. The molecular formula is C23H20N2O2S2. The van der Waals surface area contributed by atoms with Crippen LogP contribution in [0.5, 0.6) is 5.75 Å². The number of pyridine rings is 1. The lowest BCUT2D eigenvalue weighted by Crippen LogP contribution is -2.11. The van der Waals surface area contributed by atoms with Crippen LogP contribution in [0.3, 0.4) is 0 Å². The van der Waals surface area contributed by atoms with Crippen molar-refractivity contribution < 1.29 is 9.53 Å². The van der Waals surface area contributed by atoms with Crippen molar-refractivity contribution in [2.24, 2.45) is 0 Å². The van der Waals surface area contributed by atoms with E-state index in [1.807, 2.05) is 41.8 Å². The predicted molar refractivity (Wildman–Crippen MR) is 117 cm³/mol. The van der Waals surface area contributed by atoms with E-state index in [2.05, 4.69) is 6.07 Å². The van der Waals surface area contributed by atoms with Gasteiger partial charge in [-0.25, -0.2) is 4.98 Å². The van der Waals surface area contributed by atoms with E-state index in [1.54, 1.807) is 7.11 Å². The number of nitrogens with zero attached hydrogens (tertiary/aromatic N) is 2. The van der Waals surface area contributed by atoms with E-state index in [0.717, 1.165) is 53.1 Å². The first-order chi connectivity index (χ1) is 14.2. The van der Waals surface area contributed by atoms with E-state index >= 15 is 0 Å². The second-order valence-corrected chi connectivity index (χ2v) is 8.75. The molecule has 0 saturated carbocycles. The lowest BCUT2D eigenvalue weighted by atomic mass is 9.86. The van der Waals surface area contributed by atoms with Crippen molar-refractivity contribution in [1.82, 2.24) is 4.98 Å². The number of hydrogen-bond acceptors (Lipinski definition) is 6. The zero-order valence-corrected chi connectivity index (χ0v) is 17.7. The first-order valence-electron chi connectivity index (χ1n) is 9.51. The van der Waals surface area contributed by atoms with Crippen LogP contribution >= 0.6 is 23.1 Å². The number of hydrogen-bond donors (Lipinski definition) is 0. The number of rotatable bonds is 6. The van der Waals surface area contributed by atoms with Gasteiger partial charge in [-0.1, -0.05) is 17.8 Å². The van der Waals surface area contributed by atoms with Gasteiger partial charge in [0.15, 0.2) is 5.78 Å².